The van der Waals surface area contributed by atoms with Crippen LogP contribution >= 0.6 is 0 Å². The lowest BCUT2D eigenvalue weighted by Gasteiger charge is -2.32. The van der Waals surface area contributed by atoms with Gasteiger partial charge < -0.3 is 10.6 Å². The highest BCUT2D eigenvalue weighted by atomic mass is 16.2. The zero-order chi connectivity index (χ0) is 16.1. The van der Waals surface area contributed by atoms with Crippen molar-refractivity contribution in [1.82, 2.24) is 15.5 Å². The molecule has 1 aromatic carbocycles. The molecular formula is C18H25N3O2. The van der Waals surface area contributed by atoms with Crippen LogP contribution in [0.3, 0.4) is 0 Å². The molecule has 0 aromatic heterocycles. The number of nitrogens with zero attached hydrogens (tertiary/aromatic N) is 1. The van der Waals surface area contributed by atoms with Gasteiger partial charge in [-0.05, 0) is 37.8 Å². The lowest BCUT2D eigenvalue weighted by Crippen LogP contribution is -2.50. The van der Waals surface area contributed by atoms with Crippen molar-refractivity contribution in [2.75, 3.05) is 19.6 Å². The number of likely N-dealkylation sites (tertiary alicyclic amines) is 1. The molecule has 0 radical (unpaired) electrons. The van der Waals surface area contributed by atoms with E-state index in [-0.39, 0.29) is 23.8 Å². The van der Waals surface area contributed by atoms with Gasteiger partial charge in [0, 0.05) is 25.0 Å². The third-order valence-corrected chi connectivity index (χ3v) is 4.50. The standard InChI is InChI=1S/C18H25N3O2/c22-17(19-11-14-5-2-1-3-6-14)13-21-10-4-7-16(12-21)20-18(23)15-8-9-15/h1-3,5-6,15-16H,4,7-13H2,(H,19,22)(H,20,23). The Labute approximate surface area is 137 Å². The zero-order valence-electron chi connectivity index (χ0n) is 13.5. The van der Waals surface area contributed by atoms with Gasteiger partial charge in [0.05, 0.1) is 6.54 Å². The minimum atomic E-state index is 0.0445. The maximum atomic E-state index is 12.1. The average Bonchev–Trinajstić information content (AvgIpc) is 3.39. The van der Waals surface area contributed by atoms with Crippen LogP contribution in [0.5, 0.6) is 0 Å². The minimum Gasteiger partial charge on any atom is -0.352 e. The van der Waals surface area contributed by atoms with Crippen LogP contribution in [0.4, 0.5) is 0 Å². The van der Waals surface area contributed by atoms with Crippen molar-refractivity contribution in [2.45, 2.75) is 38.3 Å². The highest BCUT2D eigenvalue weighted by molar-refractivity contribution is 5.81. The third kappa shape index (κ3) is 5.06. The summed E-state index contributed by atoms with van der Waals surface area (Å²) in [7, 11) is 0. The molecule has 124 valence electrons. The molecule has 2 fully saturated rings. The molecule has 0 spiro atoms. The van der Waals surface area contributed by atoms with Crippen LogP contribution in [-0.2, 0) is 16.1 Å². The van der Waals surface area contributed by atoms with Crippen LogP contribution in [0.2, 0.25) is 0 Å². The van der Waals surface area contributed by atoms with Gasteiger partial charge in [-0.1, -0.05) is 30.3 Å². The summed E-state index contributed by atoms with van der Waals surface area (Å²) >= 11 is 0. The molecular weight excluding hydrogens is 290 g/mol. The predicted molar refractivity (Wildman–Crippen MR) is 88.6 cm³/mol. The monoisotopic (exact) mass is 315 g/mol. The quantitative estimate of drug-likeness (QED) is 0.832. The molecule has 1 aliphatic carbocycles. The Kier molecular flexibility index (Phi) is 5.28. The van der Waals surface area contributed by atoms with Crippen LogP contribution in [0.15, 0.2) is 30.3 Å². The number of rotatable bonds is 6. The summed E-state index contributed by atoms with van der Waals surface area (Å²) in [6.07, 6.45) is 4.11. The molecule has 1 aliphatic heterocycles. The lowest BCUT2D eigenvalue weighted by atomic mass is 10.1. The van der Waals surface area contributed by atoms with Crippen LogP contribution in [0.25, 0.3) is 0 Å². The molecule has 5 nitrogen and oxygen atoms in total. The van der Waals surface area contributed by atoms with Gasteiger partial charge in [-0.3, -0.25) is 14.5 Å². The normalized spacial score (nSPS) is 21.7. The number of carbonyl (C=O) groups excluding carboxylic acids is 2. The Morgan fingerprint density at radius 3 is 2.65 bits per heavy atom. The molecule has 1 atom stereocenters. The van der Waals surface area contributed by atoms with Crippen LogP contribution in [-0.4, -0.2) is 42.4 Å². The fraction of sp³-hybridized carbons (Fsp3) is 0.556. The first-order chi connectivity index (χ1) is 11.2. The Morgan fingerprint density at radius 1 is 1.13 bits per heavy atom. The first kappa shape index (κ1) is 16.0. The molecule has 2 aliphatic rings. The van der Waals surface area contributed by atoms with E-state index < -0.39 is 0 Å². The van der Waals surface area contributed by atoms with Gasteiger partial charge in [0.25, 0.3) is 0 Å². The van der Waals surface area contributed by atoms with Crippen molar-refractivity contribution < 1.29 is 9.59 Å². The van der Waals surface area contributed by atoms with Gasteiger partial charge >= 0.3 is 0 Å². The van der Waals surface area contributed by atoms with Gasteiger partial charge in [-0.2, -0.15) is 0 Å². The van der Waals surface area contributed by atoms with Crippen molar-refractivity contribution in [3.63, 3.8) is 0 Å². The van der Waals surface area contributed by atoms with E-state index in [1.807, 2.05) is 30.3 Å². The number of hydrogen-bond donors (Lipinski definition) is 2. The second kappa shape index (κ2) is 7.59. The number of piperidine rings is 1. The number of benzene rings is 1. The molecule has 5 heteroatoms. The van der Waals surface area contributed by atoms with Gasteiger partial charge in [-0.25, -0.2) is 0 Å². The molecule has 23 heavy (non-hydrogen) atoms. The lowest BCUT2D eigenvalue weighted by molar-refractivity contribution is -0.123. The Hall–Kier alpha value is -1.88. The molecule has 1 aromatic rings. The predicted octanol–water partition coefficient (Wildman–Crippen LogP) is 1.29. The molecule has 1 unspecified atom stereocenters. The maximum Gasteiger partial charge on any atom is 0.234 e. The zero-order valence-corrected chi connectivity index (χ0v) is 13.5. The second-order valence-electron chi connectivity index (χ2n) is 6.62. The number of amides is 2. The van der Waals surface area contributed by atoms with Crippen molar-refractivity contribution in [1.29, 1.82) is 0 Å². The van der Waals surface area contributed by atoms with Crippen molar-refractivity contribution in [2.24, 2.45) is 5.92 Å². The maximum absolute atomic E-state index is 12.1. The van der Waals surface area contributed by atoms with Gasteiger partial charge in [0.2, 0.25) is 11.8 Å². The largest absolute Gasteiger partial charge is 0.352 e. The topological polar surface area (TPSA) is 61.4 Å². The van der Waals surface area contributed by atoms with E-state index in [0.29, 0.717) is 13.1 Å². The Bertz CT molecular complexity index is 542. The van der Waals surface area contributed by atoms with Crippen molar-refractivity contribution in [3.05, 3.63) is 35.9 Å². The molecule has 1 saturated carbocycles. The summed E-state index contributed by atoms with van der Waals surface area (Å²) in [5, 5.41) is 6.09. The van der Waals surface area contributed by atoms with Gasteiger partial charge in [-0.15, -0.1) is 0 Å². The highest BCUT2D eigenvalue weighted by Crippen LogP contribution is 2.29. The fourth-order valence-electron chi connectivity index (χ4n) is 3.04. The Balaban J connectivity index is 1.40. The van der Waals surface area contributed by atoms with Crippen molar-refractivity contribution in [3.8, 4) is 0 Å². The van der Waals surface area contributed by atoms with E-state index in [9.17, 15) is 9.59 Å². The van der Waals surface area contributed by atoms with Crippen molar-refractivity contribution >= 4 is 11.8 Å². The first-order valence-corrected chi connectivity index (χ1v) is 8.54. The molecule has 1 saturated heterocycles. The molecule has 2 amide bonds. The summed E-state index contributed by atoms with van der Waals surface area (Å²) in [6, 6.07) is 10.1. The van der Waals surface area contributed by atoms with E-state index in [2.05, 4.69) is 15.5 Å². The van der Waals surface area contributed by atoms with E-state index in [0.717, 1.165) is 44.3 Å². The summed E-state index contributed by atoms with van der Waals surface area (Å²) < 4.78 is 0. The number of carbonyl (C=O) groups is 2. The molecule has 2 N–H and O–H groups in total. The summed E-state index contributed by atoms with van der Waals surface area (Å²) in [4.78, 5) is 26.1. The second-order valence-corrected chi connectivity index (χ2v) is 6.62. The number of hydrogen-bond acceptors (Lipinski definition) is 3. The summed E-state index contributed by atoms with van der Waals surface area (Å²) in [5.74, 6) is 0.493. The van der Waals surface area contributed by atoms with Crippen LogP contribution in [0, 0.1) is 5.92 Å². The highest BCUT2D eigenvalue weighted by Gasteiger charge is 2.32. The molecule has 1 heterocycles. The van der Waals surface area contributed by atoms with E-state index >= 15 is 0 Å². The SMILES string of the molecule is O=C(CN1CCCC(NC(=O)C2CC2)C1)NCc1ccccc1. The average molecular weight is 315 g/mol. The summed E-state index contributed by atoms with van der Waals surface area (Å²) in [6.45, 7) is 2.67. The first-order valence-electron chi connectivity index (χ1n) is 8.54. The van der Waals surface area contributed by atoms with Crippen LogP contribution in [0.1, 0.15) is 31.2 Å². The number of nitrogens with one attached hydrogen (secondary N) is 2. The van der Waals surface area contributed by atoms with Crippen LogP contribution < -0.4 is 10.6 Å². The minimum absolute atomic E-state index is 0.0445. The fourth-order valence-corrected chi connectivity index (χ4v) is 3.04. The van der Waals surface area contributed by atoms with E-state index in [1.165, 1.54) is 0 Å². The third-order valence-electron chi connectivity index (χ3n) is 4.50. The molecule has 3 rings (SSSR count). The van der Waals surface area contributed by atoms with Gasteiger partial charge in [0.15, 0.2) is 0 Å². The molecule has 0 bridgehead atoms. The smallest absolute Gasteiger partial charge is 0.234 e. The van der Waals surface area contributed by atoms with E-state index in [4.69, 9.17) is 0 Å². The summed E-state index contributed by atoms with van der Waals surface area (Å²) in [5.41, 5.74) is 1.11. The van der Waals surface area contributed by atoms with E-state index in [1.54, 1.807) is 0 Å². The Morgan fingerprint density at radius 2 is 1.91 bits per heavy atom. The van der Waals surface area contributed by atoms with Gasteiger partial charge in [0.1, 0.15) is 0 Å².